The maximum absolute atomic E-state index is 14.5. The molecule has 0 radical (unpaired) electrons. The SMILES string of the molecule is CCOP(OCC)c1ccc2c(C(=O)C(F)(F)F)cn(CC(=O)N3C[C@H](F)CC3C(=O)NCc3cccc(Cl)c3F)c2c1. The van der Waals surface area contributed by atoms with Crippen molar-refractivity contribution in [2.45, 2.75) is 51.7 Å². The van der Waals surface area contributed by atoms with Crippen molar-refractivity contribution in [3.05, 3.63) is 64.6 Å². The Morgan fingerprint density at radius 2 is 1.81 bits per heavy atom. The number of fused-ring (bicyclic) bond motifs is 1. The quantitative estimate of drug-likeness (QED) is 0.170. The van der Waals surface area contributed by atoms with E-state index in [0.29, 0.717) is 18.5 Å². The Balaban J connectivity index is 1.62. The molecular formula is C28H28ClF5N3O5P. The summed E-state index contributed by atoms with van der Waals surface area (Å²) in [7, 11) is -1.60. The molecule has 8 nitrogen and oxygen atoms in total. The van der Waals surface area contributed by atoms with E-state index in [1.165, 1.54) is 36.4 Å². The first-order valence-electron chi connectivity index (χ1n) is 13.3. The highest BCUT2D eigenvalue weighted by Crippen LogP contribution is 2.39. The zero-order valence-electron chi connectivity index (χ0n) is 23.1. The summed E-state index contributed by atoms with van der Waals surface area (Å²) in [5.41, 5.74) is -0.454. The third-order valence-electron chi connectivity index (χ3n) is 6.73. The lowest BCUT2D eigenvalue weighted by atomic mass is 10.1. The van der Waals surface area contributed by atoms with Crippen molar-refractivity contribution in [2.75, 3.05) is 19.8 Å². The van der Waals surface area contributed by atoms with Crippen LogP contribution in [0.4, 0.5) is 22.0 Å². The number of hydrogen-bond acceptors (Lipinski definition) is 5. The summed E-state index contributed by atoms with van der Waals surface area (Å²) in [6, 6.07) is 7.30. The van der Waals surface area contributed by atoms with Gasteiger partial charge in [0.15, 0.2) is 0 Å². The fourth-order valence-electron chi connectivity index (χ4n) is 4.81. The molecule has 2 aromatic carbocycles. The van der Waals surface area contributed by atoms with E-state index < -0.39 is 68.8 Å². The van der Waals surface area contributed by atoms with Gasteiger partial charge in [0.25, 0.3) is 5.78 Å². The molecule has 0 aliphatic carbocycles. The molecule has 3 aromatic rings. The molecule has 1 fully saturated rings. The van der Waals surface area contributed by atoms with Gasteiger partial charge in [-0.1, -0.05) is 29.8 Å². The van der Waals surface area contributed by atoms with Crippen LogP contribution in [0.3, 0.4) is 0 Å². The number of nitrogens with zero attached hydrogens (tertiary/aromatic N) is 2. The largest absolute Gasteiger partial charge is 0.454 e. The number of alkyl halides is 4. The van der Waals surface area contributed by atoms with Crippen LogP contribution in [0.15, 0.2) is 42.6 Å². The summed E-state index contributed by atoms with van der Waals surface area (Å²) in [6.07, 6.45) is -6.12. The van der Waals surface area contributed by atoms with E-state index >= 15 is 0 Å². The van der Waals surface area contributed by atoms with Gasteiger partial charge in [0.05, 0.1) is 35.9 Å². The number of carbonyl (C=O) groups excluding carboxylic acids is 3. The number of carbonyl (C=O) groups is 3. The second-order valence-electron chi connectivity index (χ2n) is 9.62. The lowest BCUT2D eigenvalue weighted by molar-refractivity contribution is -0.139. The minimum Gasteiger partial charge on any atom is -0.350 e. The Hall–Kier alpha value is -3.12. The minimum absolute atomic E-state index is 0.0514. The number of rotatable bonds is 11. The maximum atomic E-state index is 14.5. The molecule has 0 saturated carbocycles. The summed E-state index contributed by atoms with van der Waals surface area (Å²) >= 11 is 5.77. The van der Waals surface area contributed by atoms with Crippen molar-refractivity contribution in [1.82, 2.24) is 14.8 Å². The van der Waals surface area contributed by atoms with E-state index in [1.807, 2.05) is 0 Å². The Kier molecular flexibility index (Phi) is 10.4. The van der Waals surface area contributed by atoms with Crippen LogP contribution < -0.4 is 10.6 Å². The predicted octanol–water partition coefficient (Wildman–Crippen LogP) is 5.44. The monoisotopic (exact) mass is 647 g/mol. The van der Waals surface area contributed by atoms with Gasteiger partial charge in [-0.2, -0.15) is 13.2 Å². The number of halogens is 6. The first-order chi connectivity index (χ1) is 20.3. The lowest BCUT2D eigenvalue weighted by Crippen LogP contribution is -2.46. The van der Waals surface area contributed by atoms with Gasteiger partial charge in [0.2, 0.25) is 20.2 Å². The number of benzene rings is 2. The topological polar surface area (TPSA) is 89.9 Å². The van der Waals surface area contributed by atoms with Crippen LogP contribution in [0.1, 0.15) is 36.2 Å². The maximum Gasteiger partial charge on any atom is 0.454 e. The van der Waals surface area contributed by atoms with Gasteiger partial charge in [-0.15, -0.1) is 0 Å². The number of aromatic nitrogens is 1. The molecule has 43 heavy (non-hydrogen) atoms. The predicted molar refractivity (Wildman–Crippen MR) is 150 cm³/mol. The highest BCUT2D eigenvalue weighted by molar-refractivity contribution is 7.56. The molecule has 1 saturated heterocycles. The van der Waals surface area contributed by atoms with Crippen LogP contribution in [0, 0.1) is 5.82 Å². The van der Waals surface area contributed by atoms with E-state index in [2.05, 4.69) is 5.32 Å². The van der Waals surface area contributed by atoms with E-state index in [1.54, 1.807) is 13.8 Å². The molecule has 1 unspecified atom stereocenters. The van der Waals surface area contributed by atoms with Gasteiger partial charge in [0.1, 0.15) is 24.6 Å². The van der Waals surface area contributed by atoms with Crippen LogP contribution in [0.5, 0.6) is 0 Å². The standard InChI is InChI=1S/C28H28ClF5N3O5P/c1-3-41-43(42-4-2)18-8-9-19-20(26(39)28(32,33)34)14-36(22(19)11-18)15-24(38)37-13-17(30)10-23(37)27(40)35-12-16-6-5-7-21(29)25(16)31/h5-9,11,14,17,23H,3-4,10,12-13,15H2,1-2H3,(H,35,40)/t17-,23?/m1/s1. The van der Waals surface area contributed by atoms with Crippen LogP contribution >= 0.6 is 20.0 Å². The number of hydrogen-bond donors (Lipinski definition) is 1. The highest BCUT2D eigenvalue weighted by atomic mass is 35.5. The normalized spacial score (nSPS) is 17.2. The van der Waals surface area contributed by atoms with Gasteiger partial charge in [-0.05, 0) is 32.0 Å². The molecule has 15 heteroatoms. The summed E-state index contributed by atoms with van der Waals surface area (Å²) in [5, 5.41) is 2.79. The molecule has 0 bridgehead atoms. The Morgan fingerprint density at radius 1 is 1.12 bits per heavy atom. The Morgan fingerprint density at radius 3 is 2.47 bits per heavy atom. The fraction of sp³-hybridized carbons (Fsp3) is 0.393. The van der Waals surface area contributed by atoms with Crippen molar-refractivity contribution < 1.29 is 45.4 Å². The second-order valence-corrected chi connectivity index (χ2v) is 11.6. The summed E-state index contributed by atoms with van der Waals surface area (Å²) in [6.45, 7) is 2.81. The molecule has 4 rings (SSSR count). The van der Waals surface area contributed by atoms with Gasteiger partial charge in [0, 0.05) is 35.4 Å². The summed E-state index contributed by atoms with van der Waals surface area (Å²) in [4.78, 5) is 39.6. The van der Waals surface area contributed by atoms with E-state index in [9.17, 15) is 36.3 Å². The molecule has 232 valence electrons. The molecule has 1 N–H and O–H groups in total. The van der Waals surface area contributed by atoms with Crippen LogP contribution in [0.25, 0.3) is 10.9 Å². The zero-order valence-corrected chi connectivity index (χ0v) is 24.7. The third kappa shape index (κ3) is 7.34. The van der Waals surface area contributed by atoms with Gasteiger partial charge < -0.3 is 23.8 Å². The summed E-state index contributed by atoms with van der Waals surface area (Å²) < 4.78 is 81.5. The van der Waals surface area contributed by atoms with Crippen LogP contribution in [-0.2, 0) is 31.7 Å². The average Bonchev–Trinajstić information content (AvgIpc) is 3.53. The van der Waals surface area contributed by atoms with Crippen LogP contribution in [0.2, 0.25) is 5.02 Å². The van der Waals surface area contributed by atoms with E-state index in [0.717, 1.165) is 15.7 Å². The number of nitrogens with one attached hydrogen (secondary N) is 1. The first-order valence-corrected chi connectivity index (χ1v) is 14.9. The highest BCUT2D eigenvalue weighted by Gasteiger charge is 2.42. The van der Waals surface area contributed by atoms with Crippen molar-refractivity contribution in [2.24, 2.45) is 0 Å². The smallest absolute Gasteiger partial charge is 0.350 e. The molecule has 0 spiro atoms. The molecule has 2 heterocycles. The third-order valence-corrected chi connectivity index (χ3v) is 8.71. The van der Waals surface area contributed by atoms with Gasteiger partial charge in [-0.3, -0.25) is 14.4 Å². The second kappa shape index (κ2) is 13.7. The fourth-order valence-corrected chi connectivity index (χ4v) is 6.27. The minimum atomic E-state index is -5.17. The van der Waals surface area contributed by atoms with E-state index in [4.69, 9.17) is 20.6 Å². The summed E-state index contributed by atoms with van der Waals surface area (Å²) in [5.74, 6) is -4.32. The number of amides is 2. The number of Topliss-reactive ketones (excluding diaryl/α,β-unsaturated/α-hetero) is 1. The van der Waals surface area contributed by atoms with Crippen LogP contribution in [-0.4, -0.2) is 65.2 Å². The molecule has 2 amide bonds. The van der Waals surface area contributed by atoms with Crippen molar-refractivity contribution in [1.29, 1.82) is 0 Å². The van der Waals surface area contributed by atoms with Crippen molar-refractivity contribution in [3.8, 4) is 0 Å². The van der Waals surface area contributed by atoms with Gasteiger partial charge in [-0.25, -0.2) is 8.78 Å². The van der Waals surface area contributed by atoms with Gasteiger partial charge >= 0.3 is 6.18 Å². The molecule has 1 aliphatic heterocycles. The molecular weight excluding hydrogens is 620 g/mol. The Bertz CT molecular complexity index is 1510. The Labute approximate surface area is 250 Å². The van der Waals surface area contributed by atoms with Crippen molar-refractivity contribution >= 4 is 53.8 Å². The molecule has 2 atom stereocenters. The molecule has 1 aliphatic rings. The average molecular weight is 648 g/mol. The first kappa shape index (κ1) is 32.8. The molecule has 1 aromatic heterocycles. The number of likely N-dealkylation sites (tertiary alicyclic amines) is 1. The zero-order chi connectivity index (χ0) is 31.5. The van der Waals surface area contributed by atoms with Crippen molar-refractivity contribution in [3.63, 3.8) is 0 Å². The number of ketones is 1. The van der Waals surface area contributed by atoms with E-state index in [-0.39, 0.29) is 34.5 Å². The lowest BCUT2D eigenvalue weighted by Gasteiger charge is -2.24.